The third-order valence-electron chi connectivity index (χ3n) is 3.26. The Balaban J connectivity index is 1.98. The molecule has 5 nitrogen and oxygen atoms in total. The van der Waals surface area contributed by atoms with Crippen molar-refractivity contribution in [2.75, 3.05) is 13.7 Å². The van der Waals surface area contributed by atoms with Crippen LogP contribution in [0.25, 0.3) is 0 Å². The molecule has 1 aliphatic heterocycles. The molecule has 1 saturated heterocycles. The van der Waals surface area contributed by atoms with Gasteiger partial charge in [-0.2, -0.15) is 5.26 Å². The minimum atomic E-state index is 0.113. The van der Waals surface area contributed by atoms with Crippen molar-refractivity contribution in [1.82, 2.24) is 10.6 Å². The summed E-state index contributed by atoms with van der Waals surface area (Å²) in [5.41, 5.74) is 1.58. The lowest BCUT2D eigenvalue weighted by atomic mass is 10.1. The highest BCUT2D eigenvalue weighted by molar-refractivity contribution is 5.76. The Bertz CT molecular complexity index is 498. The molecule has 1 amide bonds. The highest BCUT2D eigenvalue weighted by Crippen LogP contribution is 2.19. The van der Waals surface area contributed by atoms with Gasteiger partial charge < -0.3 is 15.4 Å². The number of nitrogens with one attached hydrogen (secondary N) is 2. The average molecular weight is 259 g/mol. The van der Waals surface area contributed by atoms with Crippen LogP contribution in [0.1, 0.15) is 24.0 Å². The van der Waals surface area contributed by atoms with Crippen LogP contribution in [-0.4, -0.2) is 25.6 Å². The van der Waals surface area contributed by atoms with E-state index in [2.05, 4.69) is 16.7 Å². The highest BCUT2D eigenvalue weighted by Gasteiger charge is 2.17. The number of carbonyl (C=O) groups excluding carboxylic acids is 1. The molecule has 0 saturated carbocycles. The van der Waals surface area contributed by atoms with Crippen molar-refractivity contribution in [3.63, 3.8) is 0 Å². The summed E-state index contributed by atoms with van der Waals surface area (Å²) >= 11 is 0. The fraction of sp³-hybridized carbons (Fsp3) is 0.429. The Kier molecular flexibility index (Phi) is 4.37. The van der Waals surface area contributed by atoms with Crippen molar-refractivity contribution < 1.29 is 9.53 Å². The van der Waals surface area contributed by atoms with Gasteiger partial charge in [0.2, 0.25) is 5.91 Å². The highest BCUT2D eigenvalue weighted by atomic mass is 16.5. The SMILES string of the molecule is COc1ccc(C#N)cc1CNC1CCC(=O)NC1. The van der Waals surface area contributed by atoms with Crippen molar-refractivity contribution in [2.45, 2.75) is 25.4 Å². The fourth-order valence-electron chi connectivity index (χ4n) is 2.15. The Morgan fingerprint density at radius 3 is 3.05 bits per heavy atom. The third-order valence-corrected chi connectivity index (χ3v) is 3.26. The molecule has 100 valence electrons. The van der Waals surface area contributed by atoms with Crippen LogP contribution in [0, 0.1) is 11.3 Å². The number of methoxy groups -OCH3 is 1. The normalized spacial score (nSPS) is 18.5. The Morgan fingerprint density at radius 2 is 2.42 bits per heavy atom. The Labute approximate surface area is 112 Å². The Morgan fingerprint density at radius 1 is 1.58 bits per heavy atom. The standard InChI is InChI=1S/C14H17N3O2/c1-19-13-4-2-10(7-15)6-11(13)8-16-12-3-5-14(18)17-9-12/h2,4,6,12,16H,3,5,8-9H2,1H3,(H,17,18). The van der Waals surface area contributed by atoms with E-state index in [1.807, 2.05) is 6.07 Å². The largest absolute Gasteiger partial charge is 0.496 e. The summed E-state index contributed by atoms with van der Waals surface area (Å²) in [7, 11) is 1.62. The summed E-state index contributed by atoms with van der Waals surface area (Å²) < 4.78 is 5.28. The monoisotopic (exact) mass is 259 g/mol. The van der Waals surface area contributed by atoms with E-state index in [1.165, 1.54) is 0 Å². The molecule has 2 rings (SSSR count). The van der Waals surface area contributed by atoms with Gasteiger partial charge in [0, 0.05) is 31.1 Å². The quantitative estimate of drug-likeness (QED) is 0.843. The number of nitrogens with zero attached hydrogens (tertiary/aromatic N) is 1. The first kappa shape index (κ1) is 13.4. The van der Waals surface area contributed by atoms with Crippen molar-refractivity contribution in [1.29, 1.82) is 5.26 Å². The molecular weight excluding hydrogens is 242 g/mol. The smallest absolute Gasteiger partial charge is 0.220 e. The van der Waals surface area contributed by atoms with Crippen molar-refractivity contribution >= 4 is 5.91 Å². The second-order valence-corrected chi connectivity index (χ2v) is 4.56. The van der Waals surface area contributed by atoms with Gasteiger partial charge in [-0.05, 0) is 24.6 Å². The summed E-state index contributed by atoms with van der Waals surface area (Å²) in [5, 5.41) is 15.1. The summed E-state index contributed by atoms with van der Waals surface area (Å²) in [5.74, 6) is 0.883. The average Bonchev–Trinajstić information content (AvgIpc) is 2.46. The second-order valence-electron chi connectivity index (χ2n) is 4.56. The summed E-state index contributed by atoms with van der Waals surface area (Å²) in [6.45, 7) is 1.28. The van der Waals surface area contributed by atoms with Crippen LogP contribution in [0.2, 0.25) is 0 Å². The number of piperidine rings is 1. The van der Waals surface area contributed by atoms with Gasteiger partial charge in [0.15, 0.2) is 0 Å². The third kappa shape index (κ3) is 3.46. The van der Waals surface area contributed by atoms with Crippen LogP contribution in [0.3, 0.4) is 0 Å². The lowest BCUT2D eigenvalue weighted by molar-refractivity contribution is -0.122. The lowest BCUT2D eigenvalue weighted by Crippen LogP contribution is -2.45. The van der Waals surface area contributed by atoms with Gasteiger partial charge in [0.05, 0.1) is 18.7 Å². The van der Waals surface area contributed by atoms with E-state index in [0.29, 0.717) is 25.1 Å². The number of ether oxygens (including phenoxy) is 1. The van der Waals surface area contributed by atoms with Gasteiger partial charge in [0.25, 0.3) is 0 Å². The van der Waals surface area contributed by atoms with Crippen LogP contribution in [0.5, 0.6) is 5.75 Å². The van der Waals surface area contributed by atoms with Crippen molar-refractivity contribution in [3.05, 3.63) is 29.3 Å². The zero-order valence-electron chi connectivity index (χ0n) is 10.9. The number of benzene rings is 1. The van der Waals surface area contributed by atoms with E-state index in [-0.39, 0.29) is 11.9 Å². The fourth-order valence-corrected chi connectivity index (χ4v) is 2.15. The molecule has 0 bridgehead atoms. The van der Waals surface area contributed by atoms with E-state index in [1.54, 1.807) is 19.2 Å². The van der Waals surface area contributed by atoms with Gasteiger partial charge in [-0.3, -0.25) is 4.79 Å². The van der Waals surface area contributed by atoms with E-state index >= 15 is 0 Å². The molecule has 5 heteroatoms. The lowest BCUT2D eigenvalue weighted by Gasteiger charge is -2.24. The molecule has 1 fully saturated rings. The predicted octanol–water partition coefficient (Wildman–Crippen LogP) is 0.935. The molecule has 0 aliphatic carbocycles. The van der Waals surface area contributed by atoms with E-state index in [0.717, 1.165) is 17.7 Å². The number of amides is 1. The van der Waals surface area contributed by atoms with Gasteiger partial charge in [-0.25, -0.2) is 0 Å². The van der Waals surface area contributed by atoms with E-state index in [4.69, 9.17) is 10.00 Å². The summed E-state index contributed by atoms with van der Waals surface area (Å²) in [4.78, 5) is 11.1. The molecule has 0 aromatic heterocycles. The molecule has 0 spiro atoms. The van der Waals surface area contributed by atoms with Crippen LogP contribution >= 0.6 is 0 Å². The topological polar surface area (TPSA) is 74.1 Å². The second kappa shape index (κ2) is 6.21. The zero-order valence-corrected chi connectivity index (χ0v) is 10.9. The molecule has 1 heterocycles. The van der Waals surface area contributed by atoms with E-state index < -0.39 is 0 Å². The summed E-state index contributed by atoms with van der Waals surface area (Å²) in [6, 6.07) is 7.76. The van der Waals surface area contributed by atoms with Crippen LogP contribution < -0.4 is 15.4 Å². The number of rotatable bonds is 4. The van der Waals surface area contributed by atoms with Gasteiger partial charge >= 0.3 is 0 Å². The van der Waals surface area contributed by atoms with Gasteiger partial charge in [-0.15, -0.1) is 0 Å². The number of hydrogen-bond acceptors (Lipinski definition) is 4. The van der Waals surface area contributed by atoms with Gasteiger partial charge in [-0.1, -0.05) is 0 Å². The minimum Gasteiger partial charge on any atom is -0.496 e. The van der Waals surface area contributed by atoms with Crippen LogP contribution in [0.4, 0.5) is 0 Å². The Hall–Kier alpha value is -2.06. The molecule has 0 radical (unpaired) electrons. The minimum absolute atomic E-state index is 0.113. The van der Waals surface area contributed by atoms with Gasteiger partial charge in [0.1, 0.15) is 5.75 Å². The molecule has 1 atom stereocenters. The number of nitriles is 1. The zero-order chi connectivity index (χ0) is 13.7. The number of carbonyl (C=O) groups is 1. The van der Waals surface area contributed by atoms with Crippen molar-refractivity contribution in [3.8, 4) is 11.8 Å². The molecule has 1 aromatic rings. The molecule has 1 aliphatic rings. The van der Waals surface area contributed by atoms with Crippen LogP contribution in [-0.2, 0) is 11.3 Å². The maximum Gasteiger partial charge on any atom is 0.220 e. The first-order chi connectivity index (χ1) is 9.22. The molecular formula is C14H17N3O2. The predicted molar refractivity (Wildman–Crippen MR) is 70.6 cm³/mol. The summed E-state index contributed by atoms with van der Waals surface area (Å²) in [6.07, 6.45) is 1.40. The van der Waals surface area contributed by atoms with E-state index in [9.17, 15) is 4.79 Å². The molecule has 1 aromatic carbocycles. The van der Waals surface area contributed by atoms with Crippen molar-refractivity contribution in [2.24, 2.45) is 0 Å². The first-order valence-corrected chi connectivity index (χ1v) is 6.30. The maximum absolute atomic E-state index is 11.1. The number of hydrogen-bond donors (Lipinski definition) is 2. The molecule has 1 unspecified atom stereocenters. The maximum atomic E-state index is 11.1. The molecule has 2 N–H and O–H groups in total. The molecule has 19 heavy (non-hydrogen) atoms. The first-order valence-electron chi connectivity index (χ1n) is 6.30. The van der Waals surface area contributed by atoms with Crippen LogP contribution in [0.15, 0.2) is 18.2 Å².